The molecule has 2 aromatic rings. The van der Waals surface area contributed by atoms with E-state index < -0.39 is 55.1 Å². The van der Waals surface area contributed by atoms with Gasteiger partial charge >= 0.3 is 0 Å². The summed E-state index contributed by atoms with van der Waals surface area (Å²) >= 11 is 0. The number of sulfonamides is 1. The largest absolute Gasteiger partial charge is 0.394 e. The maximum atomic E-state index is 13.7. The first-order valence-corrected chi connectivity index (χ1v) is 7.34. The highest BCUT2D eigenvalue weighted by atomic mass is 32.2. The normalized spacial score (nSPS) is 11.5. The number of rotatable bonds is 3. The van der Waals surface area contributed by atoms with Crippen molar-refractivity contribution in [3.8, 4) is 0 Å². The maximum absolute atomic E-state index is 13.7. The number of nitrogen functional groups attached to an aromatic ring is 1. The Morgan fingerprint density at radius 3 is 2.18 bits per heavy atom. The van der Waals surface area contributed by atoms with E-state index in [1.165, 1.54) is 0 Å². The number of hydrogen-bond donors (Lipinski definition) is 2. The molecular formula is C13H10F4N2O2S. The molecule has 2 aromatic carbocycles. The van der Waals surface area contributed by atoms with E-state index in [0.717, 1.165) is 25.1 Å². The molecule has 0 spiro atoms. The molecule has 0 aromatic heterocycles. The van der Waals surface area contributed by atoms with Crippen LogP contribution in [-0.2, 0) is 10.0 Å². The summed E-state index contributed by atoms with van der Waals surface area (Å²) in [5, 5.41) is 0. The number of hydrogen-bond acceptors (Lipinski definition) is 3. The molecule has 3 N–H and O–H groups in total. The zero-order chi connectivity index (χ0) is 16.7. The van der Waals surface area contributed by atoms with Crippen molar-refractivity contribution in [3.63, 3.8) is 0 Å². The number of anilines is 2. The third-order valence-corrected chi connectivity index (χ3v) is 4.46. The molecule has 0 aliphatic heterocycles. The molecule has 9 heteroatoms. The number of nitrogens with one attached hydrogen (secondary N) is 1. The summed E-state index contributed by atoms with van der Waals surface area (Å²) < 4.78 is 79.3. The quantitative estimate of drug-likeness (QED) is 0.670. The molecule has 118 valence electrons. The van der Waals surface area contributed by atoms with Crippen LogP contribution >= 0.6 is 0 Å². The second kappa shape index (κ2) is 5.48. The second-order valence-electron chi connectivity index (χ2n) is 4.41. The first-order valence-electron chi connectivity index (χ1n) is 5.86. The van der Waals surface area contributed by atoms with E-state index in [-0.39, 0.29) is 0 Å². The Kier molecular flexibility index (Phi) is 4.01. The summed E-state index contributed by atoms with van der Waals surface area (Å²) in [5.41, 5.74) is 3.18. The van der Waals surface area contributed by atoms with Gasteiger partial charge in [0.1, 0.15) is 11.5 Å². The van der Waals surface area contributed by atoms with Gasteiger partial charge in [0.05, 0.1) is 10.6 Å². The van der Waals surface area contributed by atoms with E-state index in [1.807, 2.05) is 4.72 Å². The average molecular weight is 334 g/mol. The summed E-state index contributed by atoms with van der Waals surface area (Å²) in [6.07, 6.45) is 0. The first-order chi connectivity index (χ1) is 10.1. The monoisotopic (exact) mass is 334 g/mol. The predicted molar refractivity (Wildman–Crippen MR) is 72.7 cm³/mol. The summed E-state index contributed by atoms with van der Waals surface area (Å²) in [7, 11) is -4.41. The number of nitrogens with two attached hydrogens (primary N) is 1. The number of halogens is 4. The van der Waals surface area contributed by atoms with Crippen LogP contribution in [0.3, 0.4) is 0 Å². The van der Waals surface area contributed by atoms with Crippen LogP contribution in [0.4, 0.5) is 28.9 Å². The van der Waals surface area contributed by atoms with Crippen LogP contribution < -0.4 is 10.5 Å². The molecule has 2 rings (SSSR count). The Morgan fingerprint density at radius 2 is 1.55 bits per heavy atom. The van der Waals surface area contributed by atoms with Gasteiger partial charge in [-0.15, -0.1) is 0 Å². The lowest BCUT2D eigenvalue weighted by molar-refractivity contribution is 0.498. The third-order valence-electron chi connectivity index (χ3n) is 2.95. The Balaban J connectivity index is 2.50. The molecular weight excluding hydrogens is 324 g/mol. The highest BCUT2D eigenvalue weighted by molar-refractivity contribution is 7.92. The van der Waals surface area contributed by atoms with E-state index in [9.17, 15) is 26.0 Å². The van der Waals surface area contributed by atoms with Gasteiger partial charge in [-0.3, -0.25) is 4.72 Å². The van der Waals surface area contributed by atoms with Gasteiger partial charge in [-0.25, -0.2) is 26.0 Å². The highest BCUT2D eigenvalue weighted by Gasteiger charge is 2.23. The number of benzene rings is 2. The molecule has 0 aliphatic carbocycles. The standard InChI is InChI=1S/C13H10F4N2O2S/c1-6-10(5-3-7(14)11(6)16)22(20,21)19-9-4-2-8(15)13(18)12(9)17/h2-5,19H,18H2,1H3. The van der Waals surface area contributed by atoms with Crippen molar-refractivity contribution >= 4 is 21.4 Å². The topological polar surface area (TPSA) is 72.2 Å². The lowest BCUT2D eigenvalue weighted by Crippen LogP contribution is -2.17. The molecule has 0 fully saturated rings. The van der Waals surface area contributed by atoms with Crippen molar-refractivity contribution in [2.45, 2.75) is 11.8 Å². The van der Waals surface area contributed by atoms with Crippen molar-refractivity contribution in [3.05, 3.63) is 53.1 Å². The van der Waals surface area contributed by atoms with Crippen molar-refractivity contribution in [2.75, 3.05) is 10.5 Å². The van der Waals surface area contributed by atoms with E-state index in [4.69, 9.17) is 5.73 Å². The van der Waals surface area contributed by atoms with Gasteiger partial charge in [0.15, 0.2) is 17.5 Å². The van der Waals surface area contributed by atoms with E-state index in [1.54, 1.807) is 0 Å². The lowest BCUT2D eigenvalue weighted by Gasteiger charge is -2.12. The summed E-state index contributed by atoms with van der Waals surface area (Å²) in [6.45, 7) is 1.06. The Hall–Kier alpha value is -2.29. The van der Waals surface area contributed by atoms with Gasteiger partial charge in [0.2, 0.25) is 0 Å². The molecule has 0 unspecified atom stereocenters. The minimum Gasteiger partial charge on any atom is -0.394 e. The molecule has 22 heavy (non-hydrogen) atoms. The van der Waals surface area contributed by atoms with Crippen LogP contribution in [0.5, 0.6) is 0 Å². The molecule has 0 radical (unpaired) electrons. The fraction of sp³-hybridized carbons (Fsp3) is 0.0769. The zero-order valence-corrected chi connectivity index (χ0v) is 11.9. The molecule has 4 nitrogen and oxygen atoms in total. The average Bonchev–Trinajstić information content (AvgIpc) is 2.45. The second-order valence-corrected chi connectivity index (χ2v) is 6.06. The summed E-state index contributed by atoms with van der Waals surface area (Å²) in [5.74, 6) is -4.90. The fourth-order valence-electron chi connectivity index (χ4n) is 1.77. The van der Waals surface area contributed by atoms with Crippen LogP contribution in [0, 0.1) is 30.2 Å². The molecule has 0 aliphatic rings. The maximum Gasteiger partial charge on any atom is 0.262 e. The fourth-order valence-corrected chi connectivity index (χ4v) is 3.07. The first kappa shape index (κ1) is 16.1. The highest BCUT2D eigenvalue weighted by Crippen LogP contribution is 2.27. The van der Waals surface area contributed by atoms with Crippen molar-refractivity contribution in [1.29, 1.82) is 0 Å². The van der Waals surface area contributed by atoms with Gasteiger partial charge in [-0.05, 0) is 31.2 Å². The van der Waals surface area contributed by atoms with E-state index >= 15 is 0 Å². The van der Waals surface area contributed by atoms with Gasteiger partial charge in [0.25, 0.3) is 10.0 Å². The van der Waals surface area contributed by atoms with Crippen molar-refractivity contribution in [2.24, 2.45) is 0 Å². The molecule has 0 bridgehead atoms. The van der Waals surface area contributed by atoms with Gasteiger partial charge in [-0.1, -0.05) is 0 Å². The Labute approximate surface area is 123 Å². The molecule has 0 atom stereocenters. The Bertz CT molecular complexity index is 854. The Morgan fingerprint density at radius 1 is 0.955 bits per heavy atom. The van der Waals surface area contributed by atoms with Crippen LogP contribution in [0.2, 0.25) is 0 Å². The van der Waals surface area contributed by atoms with Crippen LogP contribution in [0.15, 0.2) is 29.2 Å². The lowest BCUT2D eigenvalue weighted by atomic mass is 10.2. The van der Waals surface area contributed by atoms with Crippen LogP contribution in [-0.4, -0.2) is 8.42 Å². The van der Waals surface area contributed by atoms with Crippen molar-refractivity contribution < 1.29 is 26.0 Å². The smallest absolute Gasteiger partial charge is 0.262 e. The third kappa shape index (κ3) is 2.71. The summed E-state index contributed by atoms with van der Waals surface area (Å²) in [6, 6.07) is 3.06. The molecule has 0 heterocycles. The van der Waals surface area contributed by atoms with Gasteiger partial charge < -0.3 is 5.73 Å². The van der Waals surface area contributed by atoms with E-state index in [0.29, 0.717) is 6.07 Å². The molecule has 0 amide bonds. The van der Waals surface area contributed by atoms with E-state index in [2.05, 4.69) is 0 Å². The zero-order valence-electron chi connectivity index (χ0n) is 11.1. The molecule has 0 saturated heterocycles. The summed E-state index contributed by atoms with van der Waals surface area (Å²) in [4.78, 5) is -0.575. The SMILES string of the molecule is Cc1c(S(=O)(=O)Nc2ccc(F)c(N)c2F)ccc(F)c1F. The minimum absolute atomic E-state index is 0.469. The van der Waals surface area contributed by atoms with Crippen molar-refractivity contribution in [1.82, 2.24) is 0 Å². The minimum atomic E-state index is -4.41. The molecule has 0 saturated carbocycles. The predicted octanol–water partition coefficient (Wildman–Crippen LogP) is 2.93. The van der Waals surface area contributed by atoms with Gasteiger partial charge in [0, 0.05) is 5.56 Å². The van der Waals surface area contributed by atoms with Crippen LogP contribution in [0.1, 0.15) is 5.56 Å². The van der Waals surface area contributed by atoms with Crippen LogP contribution in [0.25, 0.3) is 0 Å². The van der Waals surface area contributed by atoms with Gasteiger partial charge in [-0.2, -0.15) is 0 Å².